The summed E-state index contributed by atoms with van der Waals surface area (Å²) in [6.45, 7) is 8.22. The van der Waals surface area contributed by atoms with E-state index in [4.69, 9.17) is 0 Å². The van der Waals surface area contributed by atoms with Gasteiger partial charge in [-0.1, -0.05) is 102 Å². The first kappa shape index (κ1) is 36.8. The van der Waals surface area contributed by atoms with Crippen LogP contribution in [0.25, 0.3) is 0 Å². The molecule has 246 valence electrons. The number of aliphatic hydroxyl groups excluding tert-OH is 1. The molecule has 1 aromatic rings. The number of benzene rings is 1. The Balaban J connectivity index is 1.94. The van der Waals surface area contributed by atoms with Gasteiger partial charge in [0.15, 0.2) is 0 Å². The van der Waals surface area contributed by atoms with Gasteiger partial charge in [-0.25, -0.2) is 4.79 Å². The number of aliphatic hydroxyl groups is 1. The molecule has 10 heteroatoms. The molecule has 1 aliphatic rings. The number of nitrogens with one attached hydrogen (secondary N) is 4. The SMILES string of the molecule is CC(C)C[C@H](NC(=O)C[C@H](O)[C@H](CC(C)C)NC(=O)C/C=C/[C@H](CC1CCCCC1)NC(=O)O)C(=O)NCc1ccccc1. The maximum absolute atomic E-state index is 13.0. The lowest BCUT2D eigenvalue weighted by Crippen LogP contribution is -2.50. The van der Waals surface area contributed by atoms with Crippen LogP contribution in [0.2, 0.25) is 0 Å². The van der Waals surface area contributed by atoms with Gasteiger partial charge in [-0.3, -0.25) is 14.4 Å². The molecule has 0 aromatic heterocycles. The summed E-state index contributed by atoms with van der Waals surface area (Å²) in [5.41, 5.74) is 0.950. The summed E-state index contributed by atoms with van der Waals surface area (Å²) in [6, 6.07) is 7.73. The van der Waals surface area contributed by atoms with Gasteiger partial charge in [0.25, 0.3) is 0 Å². The second kappa shape index (κ2) is 19.8. The number of carboxylic acid groups (broad SMARTS) is 1. The first-order valence-corrected chi connectivity index (χ1v) is 16.2. The van der Waals surface area contributed by atoms with Gasteiger partial charge in [0.2, 0.25) is 17.7 Å². The number of rotatable bonds is 18. The molecule has 4 amide bonds. The highest BCUT2D eigenvalue weighted by molar-refractivity contribution is 5.87. The van der Waals surface area contributed by atoms with Crippen LogP contribution in [0.4, 0.5) is 4.79 Å². The largest absolute Gasteiger partial charge is 0.465 e. The average Bonchev–Trinajstić information content (AvgIpc) is 2.95. The Bertz CT molecular complexity index is 1060. The van der Waals surface area contributed by atoms with Crippen molar-refractivity contribution in [3.8, 4) is 0 Å². The van der Waals surface area contributed by atoms with Crippen LogP contribution in [-0.4, -0.2) is 58.3 Å². The molecule has 1 saturated carbocycles. The highest BCUT2D eigenvalue weighted by atomic mass is 16.4. The molecule has 0 heterocycles. The van der Waals surface area contributed by atoms with Crippen molar-refractivity contribution in [2.75, 3.05) is 0 Å². The molecule has 0 saturated heterocycles. The molecule has 1 aliphatic carbocycles. The summed E-state index contributed by atoms with van der Waals surface area (Å²) in [5, 5.41) is 31.3. The smallest absolute Gasteiger partial charge is 0.405 e. The number of carbonyl (C=O) groups excluding carboxylic acids is 3. The molecule has 1 fully saturated rings. The third-order valence-corrected chi connectivity index (χ3v) is 7.89. The molecule has 1 aromatic carbocycles. The van der Waals surface area contributed by atoms with Gasteiger partial charge < -0.3 is 31.5 Å². The van der Waals surface area contributed by atoms with Crippen LogP contribution in [0.15, 0.2) is 42.5 Å². The predicted molar refractivity (Wildman–Crippen MR) is 172 cm³/mol. The Morgan fingerprint density at radius 1 is 0.886 bits per heavy atom. The summed E-state index contributed by atoms with van der Waals surface area (Å²) < 4.78 is 0. The van der Waals surface area contributed by atoms with E-state index in [1.807, 2.05) is 58.0 Å². The first-order valence-electron chi connectivity index (χ1n) is 16.2. The molecule has 2 rings (SSSR count). The lowest BCUT2D eigenvalue weighted by atomic mass is 9.84. The zero-order valence-electron chi connectivity index (χ0n) is 26.9. The summed E-state index contributed by atoms with van der Waals surface area (Å²) in [7, 11) is 0. The van der Waals surface area contributed by atoms with Gasteiger partial charge in [0.1, 0.15) is 6.04 Å². The van der Waals surface area contributed by atoms with Crippen LogP contribution in [-0.2, 0) is 20.9 Å². The van der Waals surface area contributed by atoms with E-state index < -0.39 is 30.2 Å². The predicted octanol–water partition coefficient (Wildman–Crippen LogP) is 4.67. The molecule has 44 heavy (non-hydrogen) atoms. The molecule has 0 unspecified atom stereocenters. The third kappa shape index (κ3) is 15.4. The molecular formula is C34H54N4O6. The van der Waals surface area contributed by atoms with Crippen LogP contribution in [0.3, 0.4) is 0 Å². The maximum atomic E-state index is 13.0. The Kier molecular flexibility index (Phi) is 16.5. The Morgan fingerprint density at radius 3 is 2.16 bits per heavy atom. The van der Waals surface area contributed by atoms with Crippen molar-refractivity contribution in [3.63, 3.8) is 0 Å². The standard InChI is InChI=1S/C34H54N4O6/c1-23(2)18-28(37-31(40)17-11-16-27(36-34(43)44)20-25-12-7-5-8-13-25)30(39)21-32(41)38-29(19-24(3)4)33(42)35-22-26-14-9-6-10-15-26/h6,9-11,14-16,23-25,27-30,36,39H,5,7-8,12-13,17-22H2,1-4H3,(H,35,42)(H,37,40)(H,38,41)(H,43,44)/b16-11+/t27-,28+,29+,30+/m1/s1. The van der Waals surface area contributed by atoms with Gasteiger partial charge >= 0.3 is 6.09 Å². The van der Waals surface area contributed by atoms with E-state index in [1.165, 1.54) is 6.42 Å². The number of amides is 4. The van der Waals surface area contributed by atoms with E-state index in [1.54, 1.807) is 12.2 Å². The minimum absolute atomic E-state index is 0.0219. The molecule has 6 N–H and O–H groups in total. The zero-order chi connectivity index (χ0) is 32.5. The van der Waals surface area contributed by atoms with E-state index in [-0.39, 0.29) is 42.5 Å². The van der Waals surface area contributed by atoms with Crippen LogP contribution in [0.1, 0.15) is 97.5 Å². The van der Waals surface area contributed by atoms with Gasteiger partial charge in [-0.05, 0) is 42.6 Å². The maximum Gasteiger partial charge on any atom is 0.405 e. The minimum Gasteiger partial charge on any atom is -0.465 e. The van der Waals surface area contributed by atoms with Gasteiger partial charge in [0, 0.05) is 13.0 Å². The van der Waals surface area contributed by atoms with E-state index in [9.17, 15) is 29.4 Å². The second-order valence-corrected chi connectivity index (χ2v) is 13.0. The lowest BCUT2D eigenvalue weighted by Gasteiger charge is -2.27. The monoisotopic (exact) mass is 614 g/mol. The normalized spacial score (nSPS) is 16.7. The van der Waals surface area contributed by atoms with Crippen molar-refractivity contribution < 1.29 is 29.4 Å². The van der Waals surface area contributed by atoms with Gasteiger partial charge in [0.05, 0.1) is 24.6 Å². The van der Waals surface area contributed by atoms with Crippen molar-refractivity contribution in [3.05, 3.63) is 48.0 Å². The molecule has 4 atom stereocenters. The van der Waals surface area contributed by atoms with Gasteiger partial charge in [-0.15, -0.1) is 0 Å². The van der Waals surface area contributed by atoms with E-state index in [2.05, 4.69) is 21.3 Å². The van der Waals surface area contributed by atoms with Crippen LogP contribution < -0.4 is 21.3 Å². The molecule has 0 bridgehead atoms. The zero-order valence-corrected chi connectivity index (χ0v) is 26.9. The van der Waals surface area contributed by atoms with Crippen LogP contribution in [0.5, 0.6) is 0 Å². The summed E-state index contributed by atoms with van der Waals surface area (Å²) in [4.78, 5) is 50.0. The van der Waals surface area contributed by atoms with Crippen molar-refractivity contribution in [2.24, 2.45) is 17.8 Å². The van der Waals surface area contributed by atoms with Gasteiger partial charge in [-0.2, -0.15) is 0 Å². The van der Waals surface area contributed by atoms with Crippen LogP contribution in [0, 0.1) is 17.8 Å². The fraction of sp³-hybridized carbons (Fsp3) is 0.647. The molecule has 0 aliphatic heterocycles. The summed E-state index contributed by atoms with van der Waals surface area (Å²) >= 11 is 0. The summed E-state index contributed by atoms with van der Waals surface area (Å²) in [5.74, 6) is -0.316. The van der Waals surface area contributed by atoms with Crippen molar-refractivity contribution in [2.45, 2.75) is 123 Å². The highest BCUT2D eigenvalue weighted by Crippen LogP contribution is 2.27. The average molecular weight is 615 g/mol. The Labute approximate surface area is 262 Å². The third-order valence-electron chi connectivity index (χ3n) is 7.89. The fourth-order valence-electron chi connectivity index (χ4n) is 5.75. The Hall–Kier alpha value is -3.40. The van der Waals surface area contributed by atoms with Crippen molar-refractivity contribution in [1.29, 1.82) is 0 Å². The lowest BCUT2D eigenvalue weighted by molar-refractivity contribution is -0.131. The van der Waals surface area contributed by atoms with Crippen molar-refractivity contribution in [1.82, 2.24) is 21.3 Å². The highest BCUT2D eigenvalue weighted by Gasteiger charge is 2.27. The van der Waals surface area contributed by atoms with Crippen LogP contribution >= 0.6 is 0 Å². The van der Waals surface area contributed by atoms with E-state index >= 15 is 0 Å². The van der Waals surface area contributed by atoms with E-state index in [0.29, 0.717) is 31.7 Å². The molecular weight excluding hydrogens is 560 g/mol. The van der Waals surface area contributed by atoms with Crippen molar-refractivity contribution >= 4 is 23.8 Å². The fourth-order valence-corrected chi connectivity index (χ4v) is 5.75. The second-order valence-electron chi connectivity index (χ2n) is 13.0. The topological polar surface area (TPSA) is 157 Å². The minimum atomic E-state index is -1.15. The molecule has 0 spiro atoms. The van der Waals surface area contributed by atoms with E-state index in [0.717, 1.165) is 31.2 Å². The quantitative estimate of drug-likeness (QED) is 0.132. The number of hydrogen-bond donors (Lipinski definition) is 6. The molecule has 0 radical (unpaired) electrons. The Morgan fingerprint density at radius 2 is 1.55 bits per heavy atom. The summed E-state index contributed by atoms with van der Waals surface area (Å²) in [6.07, 6.45) is 8.24. The number of carbonyl (C=O) groups is 4. The first-order chi connectivity index (χ1) is 20.9. The number of hydrogen-bond acceptors (Lipinski definition) is 5. The molecule has 10 nitrogen and oxygen atoms in total.